The van der Waals surface area contributed by atoms with E-state index in [4.69, 9.17) is 4.42 Å². The van der Waals surface area contributed by atoms with Gasteiger partial charge < -0.3 is 9.73 Å². The number of amides is 1. The van der Waals surface area contributed by atoms with E-state index in [0.717, 1.165) is 9.55 Å². The van der Waals surface area contributed by atoms with Crippen LogP contribution in [0.15, 0.2) is 38.0 Å². The molecule has 0 aliphatic carbocycles. The van der Waals surface area contributed by atoms with Gasteiger partial charge >= 0.3 is 0 Å². The molecule has 6 heteroatoms. The molecule has 0 fully saturated rings. The smallest absolute Gasteiger partial charge is 0.252 e. The van der Waals surface area contributed by atoms with Crippen LogP contribution in [0.5, 0.6) is 0 Å². The first-order valence-corrected chi connectivity index (χ1v) is 7.47. The number of nitrogens with zero attached hydrogens (tertiary/aromatic N) is 1. The molecule has 0 aromatic carbocycles. The second-order valence-electron chi connectivity index (χ2n) is 4.34. The van der Waals surface area contributed by atoms with Crippen molar-refractivity contribution in [2.24, 2.45) is 0 Å². The Morgan fingerprint density at radius 1 is 1.58 bits per heavy atom. The zero-order valence-electron chi connectivity index (χ0n) is 10.7. The van der Waals surface area contributed by atoms with E-state index < -0.39 is 0 Å². The van der Waals surface area contributed by atoms with Crippen LogP contribution in [0.4, 0.5) is 0 Å². The van der Waals surface area contributed by atoms with Crippen molar-refractivity contribution in [3.05, 3.63) is 45.0 Å². The highest BCUT2D eigenvalue weighted by Crippen LogP contribution is 2.21. The van der Waals surface area contributed by atoms with Crippen LogP contribution < -0.4 is 5.32 Å². The number of hydrogen-bond acceptors (Lipinski definition) is 4. The Kier molecular flexibility index (Phi) is 4.79. The lowest BCUT2D eigenvalue weighted by Gasteiger charge is -2.22. The third kappa shape index (κ3) is 3.68. The number of carbonyl (C=O) groups excluding carboxylic acids is 1. The van der Waals surface area contributed by atoms with Crippen molar-refractivity contribution >= 4 is 33.2 Å². The Morgan fingerprint density at radius 2 is 2.37 bits per heavy atom. The molecule has 1 unspecified atom stereocenters. The number of rotatable bonds is 5. The average Bonchev–Trinajstić information content (AvgIpc) is 3.00. The summed E-state index contributed by atoms with van der Waals surface area (Å²) < 4.78 is 6.35. The first-order valence-electron chi connectivity index (χ1n) is 5.80. The summed E-state index contributed by atoms with van der Waals surface area (Å²) in [4.78, 5) is 14.0. The van der Waals surface area contributed by atoms with E-state index in [1.165, 1.54) is 11.3 Å². The maximum Gasteiger partial charge on any atom is 0.252 e. The van der Waals surface area contributed by atoms with Crippen molar-refractivity contribution in [3.8, 4) is 0 Å². The highest BCUT2D eigenvalue weighted by molar-refractivity contribution is 9.11. The summed E-state index contributed by atoms with van der Waals surface area (Å²) in [6.07, 6.45) is 1.64. The van der Waals surface area contributed by atoms with Crippen molar-refractivity contribution in [2.45, 2.75) is 6.04 Å². The van der Waals surface area contributed by atoms with Crippen molar-refractivity contribution in [2.75, 3.05) is 20.6 Å². The highest BCUT2D eigenvalue weighted by atomic mass is 79.9. The summed E-state index contributed by atoms with van der Waals surface area (Å²) >= 11 is 4.85. The number of nitrogens with one attached hydrogen (secondary N) is 1. The maximum atomic E-state index is 12.0. The van der Waals surface area contributed by atoms with E-state index in [0.29, 0.717) is 12.1 Å². The number of thiophene rings is 1. The van der Waals surface area contributed by atoms with Crippen LogP contribution in [0, 0.1) is 0 Å². The molecule has 1 N–H and O–H groups in total. The Balaban J connectivity index is 1.98. The summed E-state index contributed by atoms with van der Waals surface area (Å²) in [6.45, 7) is 0.507. The van der Waals surface area contributed by atoms with Gasteiger partial charge in [0.1, 0.15) is 5.76 Å². The molecule has 0 saturated carbocycles. The summed E-state index contributed by atoms with van der Waals surface area (Å²) in [5.41, 5.74) is 0.675. The molecule has 102 valence electrons. The van der Waals surface area contributed by atoms with Crippen molar-refractivity contribution in [1.29, 1.82) is 0 Å². The van der Waals surface area contributed by atoms with E-state index in [2.05, 4.69) is 21.2 Å². The topological polar surface area (TPSA) is 45.5 Å². The zero-order valence-corrected chi connectivity index (χ0v) is 13.1. The third-order valence-corrected chi connectivity index (χ3v) is 4.29. The van der Waals surface area contributed by atoms with Crippen LogP contribution in [0.25, 0.3) is 0 Å². The fraction of sp³-hybridized carbons (Fsp3) is 0.308. The molecule has 19 heavy (non-hydrogen) atoms. The van der Waals surface area contributed by atoms with Crippen LogP contribution in [0.3, 0.4) is 0 Å². The second kappa shape index (κ2) is 6.36. The average molecular weight is 343 g/mol. The molecular formula is C13H15BrN2O2S. The Morgan fingerprint density at radius 3 is 2.89 bits per heavy atom. The van der Waals surface area contributed by atoms with Crippen molar-refractivity contribution in [1.82, 2.24) is 10.2 Å². The van der Waals surface area contributed by atoms with Gasteiger partial charge in [-0.2, -0.15) is 0 Å². The predicted molar refractivity (Wildman–Crippen MR) is 79.5 cm³/mol. The number of furan rings is 1. The first kappa shape index (κ1) is 14.3. The lowest BCUT2D eigenvalue weighted by atomic mass is 10.2. The van der Waals surface area contributed by atoms with Crippen LogP contribution >= 0.6 is 27.3 Å². The number of likely N-dealkylation sites (N-methyl/N-ethyl adjacent to an activating group) is 1. The lowest BCUT2D eigenvalue weighted by molar-refractivity contribution is 0.0939. The normalized spacial score (nSPS) is 12.6. The summed E-state index contributed by atoms with van der Waals surface area (Å²) in [5, 5.41) is 4.76. The molecule has 4 nitrogen and oxygen atoms in total. The number of hydrogen-bond donors (Lipinski definition) is 1. The standard InChI is InChI=1S/C13H15BrN2O2S/c1-16(2)10(11-4-3-5-18-11)7-15-13(17)9-6-12(14)19-8-9/h3-6,8,10H,7H2,1-2H3,(H,15,17). The van der Waals surface area contributed by atoms with Gasteiger partial charge in [-0.25, -0.2) is 0 Å². The Bertz CT molecular complexity index is 537. The molecule has 0 bridgehead atoms. The molecule has 1 atom stereocenters. The summed E-state index contributed by atoms with van der Waals surface area (Å²) in [5.74, 6) is 0.775. The molecule has 0 saturated heterocycles. The van der Waals surface area contributed by atoms with Gasteiger partial charge in [0.25, 0.3) is 5.91 Å². The van der Waals surface area contributed by atoms with E-state index in [-0.39, 0.29) is 11.9 Å². The first-order chi connectivity index (χ1) is 9.08. The van der Waals surface area contributed by atoms with Gasteiger partial charge in [-0.1, -0.05) is 0 Å². The Hall–Kier alpha value is -1.11. The van der Waals surface area contributed by atoms with Crippen LogP contribution in [0.2, 0.25) is 0 Å². The third-order valence-electron chi connectivity index (χ3n) is 2.78. The number of carbonyl (C=O) groups is 1. The van der Waals surface area contributed by atoms with Gasteiger partial charge in [0.2, 0.25) is 0 Å². The monoisotopic (exact) mass is 342 g/mol. The van der Waals surface area contributed by atoms with Gasteiger partial charge in [0.05, 0.1) is 21.7 Å². The molecule has 0 aliphatic rings. The molecular weight excluding hydrogens is 328 g/mol. The highest BCUT2D eigenvalue weighted by Gasteiger charge is 2.18. The van der Waals surface area contributed by atoms with E-state index in [9.17, 15) is 4.79 Å². The van der Waals surface area contributed by atoms with Gasteiger partial charge in [0, 0.05) is 11.9 Å². The van der Waals surface area contributed by atoms with E-state index >= 15 is 0 Å². The van der Waals surface area contributed by atoms with Crippen LogP contribution in [-0.4, -0.2) is 31.4 Å². The summed E-state index contributed by atoms with van der Waals surface area (Å²) in [6, 6.07) is 5.61. The lowest BCUT2D eigenvalue weighted by Crippen LogP contribution is -2.34. The molecule has 1 amide bonds. The molecule has 2 aromatic rings. The molecule has 0 aliphatic heterocycles. The quantitative estimate of drug-likeness (QED) is 0.907. The molecule has 0 radical (unpaired) electrons. The summed E-state index contributed by atoms with van der Waals surface area (Å²) in [7, 11) is 3.92. The largest absolute Gasteiger partial charge is 0.468 e. The number of halogens is 1. The van der Waals surface area contributed by atoms with Crippen LogP contribution in [-0.2, 0) is 0 Å². The van der Waals surface area contributed by atoms with Crippen molar-refractivity contribution in [3.63, 3.8) is 0 Å². The van der Waals surface area contributed by atoms with Gasteiger partial charge in [0.15, 0.2) is 0 Å². The minimum atomic E-state index is -0.0691. The van der Waals surface area contributed by atoms with Gasteiger partial charge in [-0.15, -0.1) is 11.3 Å². The zero-order chi connectivity index (χ0) is 13.8. The van der Waals surface area contributed by atoms with Crippen LogP contribution in [0.1, 0.15) is 22.2 Å². The fourth-order valence-electron chi connectivity index (χ4n) is 1.74. The predicted octanol–water partition coefficient (Wildman–Crippen LogP) is 3.14. The van der Waals surface area contributed by atoms with Crippen molar-refractivity contribution < 1.29 is 9.21 Å². The fourth-order valence-corrected chi connectivity index (χ4v) is 2.88. The van der Waals surface area contributed by atoms with Gasteiger partial charge in [-0.05, 0) is 48.2 Å². The minimum absolute atomic E-state index is 0.0287. The van der Waals surface area contributed by atoms with Gasteiger partial charge in [-0.3, -0.25) is 9.69 Å². The Labute approximate surface area is 124 Å². The SMILES string of the molecule is CN(C)C(CNC(=O)c1csc(Br)c1)c1ccco1. The van der Waals surface area contributed by atoms with E-state index in [1.807, 2.05) is 42.6 Å². The molecule has 2 rings (SSSR count). The second-order valence-corrected chi connectivity index (χ2v) is 6.63. The molecule has 0 spiro atoms. The van der Waals surface area contributed by atoms with E-state index in [1.54, 1.807) is 6.26 Å². The molecule has 2 aromatic heterocycles. The minimum Gasteiger partial charge on any atom is -0.468 e. The molecule has 2 heterocycles. The maximum absolute atomic E-state index is 12.0.